The zero-order valence-corrected chi connectivity index (χ0v) is 12.6. The van der Waals surface area contributed by atoms with Crippen LogP contribution in [0.2, 0.25) is 0 Å². The summed E-state index contributed by atoms with van der Waals surface area (Å²) in [5, 5.41) is 0. The van der Waals surface area contributed by atoms with Crippen molar-refractivity contribution in [2.24, 2.45) is 5.73 Å². The molecule has 1 fully saturated rings. The van der Waals surface area contributed by atoms with E-state index in [-0.39, 0.29) is 11.8 Å². The van der Waals surface area contributed by atoms with Gasteiger partial charge in [-0.2, -0.15) is 8.78 Å². The summed E-state index contributed by atoms with van der Waals surface area (Å²) in [5.74, 6) is 0.233. The van der Waals surface area contributed by atoms with Crippen molar-refractivity contribution in [3.63, 3.8) is 0 Å². The highest BCUT2D eigenvalue weighted by molar-refractivity contribution is 5.36. The number of nitrogens with zero attached hydrogens (tertiary/aromatic N) is 1. The minimum absolute atomic E-state index is 0.0811. The molecule has 1 aromatic rings. The van der Waals surface area contributed by atoms with Crippen LogP contribution >= 0.6 is 0 Å². The summed E-state index contributed by atoms with van der Waals surface area (Å²) >= 11 is 0. The normalized spacial score (nSPS) is 24.5. The monoisotopic (exact) mass is 298 g/mol. The van der Waals surface area contributed by atoms with Crippen molar-refractivity contribution >= 4 is 0 Å². The van der Waals surface area contributed by atoms with Gasteiger partial charge < -0.3 is 10.5 Å². The van der Waals surface area contributed by atoms with E-state index in [0.717, 1.165) is 24.8 Å². The molecule has 3 atom stereocenters. The third-order valence-corrected chi connectivity index (χ3v) is 4.40. The Hall–Kier alpha value is -1.20. The number of para-hydroxylation sites is 1. The number of benzene rings is 1. The summed E-state index contributed by atoms with van der Waals surface area (Å²) < 4.78 is 29.9. The lowest BCUT2D eigenvalue weighted by atomic mass is 10.0. The Morgan fingerprint density at radius 1 is 1.33 bits per heavy atom. The Bertz CT molecular complexity index is 456. The number of hydrogen-bond acceptors (Lipinski definition) is 3. The Balaban J connectivity index is 2.32. The average molecular weight is 298 g/mol. The molecule has 118 valence electrons. The van der Waals surface area contributed by atoms with E-state index in [1.807, 2.05) is 12.1 Å². The second-order valence-electron chi connectivity index (χ2n) is 5.60. The van der Waals surface area contributed by atoms with Crippen molar-refractivity contribution in [3.8, 4) is 5.75 Å². The molecule has 5 heteroatoms. The zero-order valence-electron chi connectivity index (χ0n) is 12.6. The van der Waals surface area contributed by atoms with Crippen molar-refractivity contribution in [1.82, 2.24) is 4.90 Å². The van der Waals surface area contributed by atoms with Crippen LogP contribution < -0.4 is 10.5 Å². The maximum absolute atomic E-state index is 12.6. The summed E-state index contributed by atoms with van der Waals surface area (Å²) in [6, 6.07) is 7.76. The van der Waals surface area contributed by atoms with Crippen LogP contribution in [0.3, 0.4) is 0 Å². The number of ether oxygens (including phenoxy) is 1. The van der Waals surface area contributed by atoms with Crippen LogP contribution in [0.15, 0.2) is 24.3 Å². The smallest absolute Gasteiger partial charge is 0.387 e. The molecule has 1 heterocycles. The summed E-state index contributed by atoms with van der Waals surface area (Å²) in [7, 11) is 0. The SMILES string of the molecule is CCC1CCC(C)N1C(CN)c1ccccc1OC(F)F. The first-order valence-corrected chi connectivity index (χ1v) is 7.59. The average Bonchev–Trinajstić information content (AvgIpc) is 2.82. The van der Waals surface area contributed by atoms with E-state index in [9.17, 15) is 8.78 Å². The molecule has 21 heavy (non-hydrogen) atoms. The summed E-state index contributed by atoms with van der Waals surface area (Å²) in [6.07, 6.45) is 3.29. The highest BCUT2D eigenvalue weighted by Crippen LogP contribution is 2.38. The maximum atomic E-state index is 12.6. The molecule has 0 aliphatic carbocycles. The van der Waals surface area contributed by atoms with Gasteiger partial charge in [0, 0.05) is 24.2 Å². The lowest BCUT2D eigenvalue weighted by molar-refractivity contribution is -0.0513. The van der Waals surface area contributed by atoms with E-state index in [1.54, 1.807) is 12.1 Å². The molecule has 0 amide bonds. The van der Waals surface area contributed by atoms with Crippen LogP contribution in [-0.4, -0.2) is 30.1 Å². The van der Waals surface area contributed by atoms with E-state index in [0.29, 0.717) is 18.6 Å². The molecule has 1 aromatic carbocycles. The van der Waals surface area contributed by atoms with Crippen LogP contribution in [0.5, 0.6) is 5.75 Å². The number of likely N-dealkylation sites (tertiary alicyclic amines) is 1. The Labute approximate surface area is 125 Å². The molecule has 3 unspecified atom stereocenters. The Morgan fingerprint density at radius 2 is 2.05 bits per heavy atom. The van der Waals surface area contributed by atoms with E-state index in [4.69, 9.17) is 5.73 Å². The van der Waals surface area contributed by atoms with Gasteiger partial charge in [0.05, 0.1) is 6.04 Å². The predicted molar refractivity (Wildman–Crippen MR) is 79.5 cm³/mol. The fourth-order valence-electron chi connectivity index (χ4n) is 3.44. The Kier molecular flexibility index (Phi) is 5.53. The number of nitrogens with two attached hydrogens (primary N) is 1. The topological polar surface area (TPSA) is 38.5 Å². The van der Waals surface area contributed by atoms with Gasteiger partial charge in [-0.15, -0.1) is 0 Å². The molecule has 0 aromatic heterocycles. The maximum Gasteiger partial charge on any atom is 0.387 e. The molecule has 2 N–H and O–H groups in total. The van der Waals surface area contributed by atoms with E-state index >= 15 is 0 Å². The quantitative estimate of drug-likeness (QED) is 0.873. The number of halogens is 2. The first-order chi connectivity index (χ1) is 10.1. The van der Waals surface area contributed by atoms with E-state index in [2.05, 4.69) is 23.5 Å². The van der Waals surface area contributed by atoms with Crippen molar-refractivity contribution in [1.29, 1.82) is 0 Å². The van der Waals surface area contributed by atoms with Crippen LogP contribution in [0.4, 0.5) is 8.78 Å². The van der Waals surface area contributed by atoms with Crippen molar-refractivity contribution in [3.05, 3.63) is 29.8 Å². The van der Waals surface area contributed by atoms with Gasteiger partial charge in [-0.1, -0.05) is 25.1 Å². The number of hydrogen-bond donors (Lipinski definition) is 1. The highest BCUT2D eigenvalue weighted by Gasteiger charge is 2.36. The van der Waals surface area contributed by atoms with Crippen molar-refractivity contribution in [2.75, 3.05) is 6.54 Å². The van der Waals surface area contributed by atoms with Gasteiger partial charge in [0.25, 0.3) is 0 Å². The predicted octanol–water partition coefficient (Wildman–Crippen LogP) is 3.55. The zero-order chi connectivity index (χ0) is 15.4. The molecule has 1 saturated heterocycles. The van der Waals surface area contributed by atoms with Gasteiger partial charge in [-0.05, 0) is 32.3 Å². The molecule has 3 nitrogen and oxygen atoms in total. The minimum Gasteiger partial charge on any atom is -0.434 e. The van der Waals surface area contributed by atoms with E-state index in [1.165, 1.54) is 0 Å². The number of rotatable bonds is 6. The molecule has 2 rings (SSSR count). The second-order valence-corrected chi connectivity index (χ2v) is 5.60. The van der Waals surface area contributed by atoms with Crippen LogP contribution in [0.1, 0.15) is 44.7 Å². The van der Waals surface area contributed by atoms with Gasteiger partial charge in [0.2, 0.25) is 0 Å². The number of alkyl halides is 2. The molecule has 0 spiro atoms. The largest absolute Gasteiger partial charge is 0.434 e. The molecule has 1 aliphatic rings. The Morgan fingerprint density at radius 3 is 2.67 bits per heavy atom. The lowest BCUT2D eigenvalue weighted by Gasteiger charge is -2.36. The van der Waals surface area contributed by atoms with Gasteiger partial charge >= 0.3 is 6.61 Å². The highest BCUT2D eigenvalue weighted by atomic mass is 19.3. The molecule has 1 aliphatic heterocycles. The fourth-order valence-corrected chi connectivity index (χ4v) is 3.44. The first-order valence-electron chi connectivity index (χ1n) is 7.59. The standard InChI is InChI=1S/C16H24F2N2O/c1-3-12-9-8-11(2)20(12)14(10-19)13-6-4-5-7-15(13)21-16(17)18/h4-7,11-12,14,16H,3,8-10,19H2,1-2H3. The van der Waals surface area contributed by atoms with Crippen molar-refractivity contribution in [2.45, 2.75) is 57.8 Å². The summed E-state index contributed by atoms with van der Waals surface area (Å²) in [4.78, 5) is 2.37. The second kappa shape index (κ2) is 7.18. The molecule has 0 saturated carbocycles. The van der Waals surface area contributed by atoms with Gasteiger partial charge in [0.15, 0.2) is 0 Å². The van der Waals surface area contributed by atoms with Crippen molar-refractivity contribution < 1.29 is 13.5 Å². The third-order valence-electron chi connectivity index (χ3n) is 4.40. The van der Waals surface area contributed by atoms with Crippen LogP contribution in [0, 0.1) is 0 Å². The van der Waals surface area contributed by atoms with Gasteiger partial charge in [-0.3, -0.25) is 4.90 Å². The summed E-state index contributed by atoms with van der Waals surface area (Å²) in [5.41, 5.74) is 6.74. The molecular weight excluding hydrogens is 274 g/mol. The first kappa shape index (κ1) is 16.2. The third kappa shape index (κ3) is 3.52. The fraction of sp³-hybridized carbons (Fsp3) is 0.625. The van der Waals surface area contributed by atoms with Gasteiger partial charge in [0.1, 0.15) is 5.75 Å². The minimum atomic E-state index is -2.82. The van der Waals surface area contributed by atoms with E-state index < -0.39 is 6.61 Å². The summed E-state index contributed by atoms with van der Waals surface area (Å²) in [6.45, 7) is 1.91. The molecule has 0 bridgehead atoms. The van der Waals surface area contributed by atoms with Crippen LogP contribution in [-0.2, 0) is 0 Å². The molecule has 0 radical (unpaired) electrons. The lowest BCUT2D eigenvalue weighted by Crippen LogP contribution is -2.41. The van der Waals surface area contributed by atoms with Gasteiger partial charge in [-0.25, -0.2) is 0 Å². The molecular formula is C16H24F2N2O. The van der Waals surface area contributed by atoms with Crippen LogP contribution in [0.25, 0.3) is 0 Å².